The number of esters is 1. The molecular formula is C13H23NO4. The Hall–Kier alpha value is -1.52. The molecule has 18 heavy (non-hydrogen) atoms. The SMILES string of the molecule is C=CCOC(=O)NC(CC(C)C)C(=O)OCCC. The Bertz CT molecular complexity index is 276. The normalized spacial score (nSPS) is 11.8. The predicted octanol–water partition coefficient (Wildman–Crippen LogP) is 2.27. The average Bonchev–Trinajstić information content (AvgIpc) is 2.32. The second-order valence-electron chi connectivity index (χ2n) is 4.38. The molecule has 0 heterocycles. The minimum atomic E-state index is -0.658. The summed E-state index contributed by atoms with van der Waals surface area (Å²) < 4.78 is 9.81. The second kappa shape index (κ2) is 9.50. The van der Waals surface area contributed by atoms with E-state index in [1.165, 1.54) is 6.08 Å². The number of hydrogen-bond donors (Lipinski definition) is 1. The zero-order chi connectivity index (χ0) is 14.0. The first-order chi connectivity index (χ1) is 8.51. The zero-order valence-electron chi connectivity index (χ0n) is 11.4. The first kappa shape index (κ1) is 16.5. The lowest BCUT2D eigenvalue weighted by Gasteiger charge is -2.18. The third-order valence-electron chi connectivity index (χ3n) is 2.06. The van der Waals surface area contributed by atoms with Crippen LogP contribution in [0.5, 0.6) is 0 Å². The van der Waals surface area contributed by atoms with Crippen LogP contribution in [0.4, 0.5) is 4.79 Å². The molecule has 0 aliphatic carbocycles. The molecule has 1 amide bonds. The van der Waals surface area contributed by atoms with Crippen LogP contribution >= 0.6 is 0 Å². The highest BCUT2D eigenvalue weighted by molar-refractivity contribution is 5.81. The van der Waals surface area contributed by atoms with Gasteiger partial charge in [-0.25, -0.2) is 9.59 Å². The highest BCUT2D eigenvalue weighted by atomic mass is 16.6. The Kier molecular flexibility index (Phi) is 8.70. The van der Waals surface area contributed by atoms with Crippen LogP contribution in [0.2, 0.25) is 0 Å². The molecule has 5 heteroatoms. The molecule has 0 saturated heterocycles. The van der Waals surface area contributed by atoms with E-state index in [0.29, 0.717) is 13.0 Å². The molecule has 1 atom stereocenters. The fourth-order valence-electron chi connectivity index (χ4n) is 1.31. The van der Waals surface area contributed by atoms with E-state index in [1.807, 2.05) is 20.8 Å². The third kappa shape index (κ3) is 7.70. The third-order valence-corrected chi connectivity index (χ3v) is 2.06. The van der Waals surface area contributed by atoms with Gasteiger partial charge in [-0.1, -0.05) is 33.4 Å². The maximum absolute atomic E-state index is 11.7. The zero-order valence-corrected chi connectivity index (χ0v) is 11.4. The number of nitrogens with one attached hydrogen (secondary N) is 1. The molecule has 0 aromatic rings. The summed E-state index contributed by atoms with van der Waals surface area (Å²) in [5.41, 5.74) is 0. The Morgan fingerprint density at radius 2 is 2.00 bits per heavy atom. The number of carbonyl (C=O) groups is 2. The van der Waals surface area contributed by atoms with Gasteiger partial charge in [0, 0.05) is 0 Å². The monoisotopic (exact) mass is 257 g/mol. The van der Waals surface area contributed by atoms with E-state index in [4.69, 9.17) is 9.47 Å². The minimum absolute atomic E-state index is 0.115. The van der Waals surface area contributed by atoms with Crippen molar-refractivity contribution in [3.63, 3.8) is 0 Å². The van der Waals surface area contributed by atoms with Crippen LogP contribution in [0.25, 0.3) is 0 Å². The van der Waals surface area contributed by atoms with Crippen molar-refractivity contribution in [2.75, 3.05) is 13.2 Å². The van der Waals surface area contributed by atoms with E-state index in [2.05, 4.69) is 11.9 Å². The Labute approximate surface area is 109 Å². The molecule has 5 nitrogen and oxygen atoms in total. The van der Waals surface area contributed by atoms with E-state index in [-0.39, 0.29) is 12.5 Å². The van der Waals surface area contributed by atoms with Gasteiger partial charge in [-0.2, -0.15) is 0 Å². The molecule has 0 rings (SSSR count). The van der Waals surface area contributed by atoms with E-state index < -0.39 is 18.1 Å². The second-order valence-corrected chi connectivity index (χ2v) is 4.38. The fourth-order valence-corrected chi connectivity index (χ4v) is 1.31. The molecule has 0 aromatic heterocycles. The molecule has 0 fully saturated rings. The number of carbonyl (C=O) groups excluding carboxylic acids is 2. The summed E-state index contributed by atoms with van der Waals surface area (Å²) in [6, 6.07) is -0.658. The van der Waals surface area contributed by atoms with Crippen molar-refractivity contribution in [1.29, 1.82) is 0 Å². The largest absolute Gasteiger partial charge is 0.464 e. The summed E-state index contributed by atoms with van der Waals surface area (Å²) in [5.74, 6) is -0.148. The van der Waals surface area contributed by atoms with Crippen LogP contribution in [0.1, 0.15) is 33.6 Å². The highest BCUT2D eigenvalue weighted by Gasteiger charge is 2.23. The van der Waals surface area contributed by atoms with Crippen LogP contribution in [0.15, 0.2) is 12.7 Å². The van der Waals surface area contributed by atoms with Crippen molar-refractivity contribution in [3.05, 3.63) is 12.7 Å². The van der Waals surface area contributed by atoms with Gasteiger partial charge < -0.3 is 14.8 Å². The van der Waals surface area contributed by atoms with Gasteiger partial charge in [0.2, 0.25) is 0 Å². The van der Waals surface area contributed by atoms with Gasteiger partial charge >= 0.3 is 12.1 Å². The van der Waals surface area contributed by atoms with Crippen molar-refractivity contribution >= 4 is 12.1 Å². The van der Waals surface area contributed by atoms with Crippen LogP contribution in [0, 0.1) is 5.92 Å². The van der Waals surface area contributed by atoms with Gasteiger partial charge in [0.05, 0.1) is 6.61 Å². The molecule has 0 saturated carbocycles. The molecular weight excluding hydrogens is 234 g/mol. The standard InChI is InChI=1S/C13H23NO4/c1-5-7-17-12(15)11(9-10(3)4)14-13(16)18-8-6-2/h6,10-11H,2,5,7-9H2,1,3-4H3,(H,14,16). The summed E-state index contributed by atoms with van der Waals surface area (Å²) in [5, 5.41) is 2.51. The smallest absolute Gasteiger partial charge is 0.408 e. The Balaban J connectivity index is 4.33. The topological polar surface area (TPSA) is 64.6 Å². The summed E-state index contributed by atoms with van der Waals surface area (Å²) in [6.07, 6.45) is 2.10. The van der Waals surface area contributed by atoms with E-state index in [9.17, 15) is 9.59 Å². The highest BCUT2D eigenvalue weighted by Crippen LogP contribution is 2.07. The quantitative estimate of drug-likeness (QED) is 0.535. The van der Waals surface area contributed by atoms with Crippen molar-refractivity contribution in [2.45, 2.75) is 39.7 Å². The summed E-state index contributed by atoms with van der Waals surface area (Å²) in [4.78, 5) is 23.1. The number of amides is 1. The van der Waals surface area contributed by atoms with E-state index in [1.54, 1.807) is 0 Å². The van der Waals surface area contributed by atoms with Crippen LogP contribution in [0.3, 0.4) is 0 Å². The van der Waals surface area contributed by atoms with Gasteiger partial charge in [0.25, 0.3) is 0 Å². The maximum atomic E-state index is 11.7. The van der Waals surface area contributed by atoms with E-state index in [0.717, 1.165) is 6.42 Å². The molecule has 104 valence electrons. The lowest BCUT2D eigenvalue weighted by Crippen LogP contribution is -2.43. The lowest BCUT2D eigenvalue weighted by molar-refractivity contribution is -0.146. The number of hydrogen-bond acceptors (Lipinski definition) is 4. The summed E-state index contributed by atoms with van der Waals surface area (Å²) in [6.45, 7) is 9.76. The molecule has 0 radical (unpaired) electrons. The molecule has 0 aliphatic rings. The maximum Gasteiger partial charge on any atom is 0.408 e. The summed E-state index contributed by atoms with van der Waals surface area (Å²) >= 11 is 0. The molecule has 0 aromatic carbocycles. The first-order valence-corrected chi connectivity index (χ1v) is 6.22. The van der Waals surface area contributed by atoms with Gasteiger partial charge in [-0.3, -0.25) is 0 Å². The molecule has 0 spiro atoms. The first-order valence-electron chi connectivity index (χ1n) is 6.22. The van der Waals surface area contributed by atoms with Crippen LogP contribution < -0.4 is 5.32 Å². The van der Waals surface area contributed by atoms with Crippen molar-refractivity contribution in [2.24, 2.45) is 5.92 Å². The van der Waals surface area contributed by atoms with Gasteiger partial charge in [-0.05, 0) is 18.8 Å². The Morgan fingerprint density at radius 3 is 2.50 bits per heavy atom. The van der Waals surface area contributed by atoms with Crippen molar-refractivity contribution in [3.8, 4) is 0 Å². The number of alkyl carbamates (subject to hydrolysis) is 1. The van der Waals surface area contributed by atoms with Gasteiger partial charge in [0.1, 0.15) is 12.6 Å². The fraction of sp³-hybridized carbons (Fsp3) is 0.692. The minimum Gasteiger partial charge on any atom is -0.464 e. The average molecular weight is 257 g/mol. The van der Waals surface area contributed by atoms with Crippen LogP contribution in [-0.4, -0.2) is 31.3 Å². The van der Waals surface area contributed by atoms with Crippen molar-refractivity contribution < 1.29 is 19.1 Å². The van der Waals surface area contributed by atoms with E-state index >= 15 is 0 Å². The molecule has 0 aliphatic heterocycles. The number of rotatable bonds is 8. The van der Waals surface area contributed by atoms with Gasteiger partial charge in [0.15, 0.2) is 0 Å². The molecule has 1 N–H and O–H groups in total. The van der Waals surface area contributed by atoms with Crippen LogP contribution in [-0.2, 0) is 14.3 Å². The molecule has 1 unspecified atom stereocenters. The lowest BCUT2D eigenvalue weighted by atomic mass is 10.0. The molecule has 0 bridgehead atoms. The van der Waals surface area contributed by atoms with Crippen molar-refractivity contribution in [1.82, 2.24) is 5.32 Å². The number of ether oxygens (including phenoxy) is 2. The summed E-state index contributed by atoms with van der Waals surface area (Å²) in [7, 11) is 0. The Morgan fingerprint density at radius 1 is 1.33 bits per heavy atom. The predicted molar refractivity (Wildman–Crippen MR) is 69.2 cm³/mol. The van der Waals surface area contributed by atoms with Gasteiger partial charge in [-0.15, -0.1) is 0 Å².